The maximum absolute atomic E-state index is 10.7. The second-order valence-corrected chi connectivity index (χ2v) is 4.84. The summed E-state index contributed by atoms with van der Waals surface area (Å²) >= 11 is 16.7. The summed E-state index contributed by atoms with van der Waals surface area (Å²) in [7, 11) is 1.66. The van der Waals surface area contributed by atoms with E-state index in [1.54, 1.807) is 7.05 Å². The average Bonchev–Trinajstić information content (AvgIpc) is 2.29. The summed E-state index contributed by atoms with van der Waals surface area (Å²) in [6.45, 7) is 0. The fraction of sp³-hybridized carbons (Fsp3) is 0.286. The number of nitrogens with zero attached hydrogens (tertiary/aromatic N) is 1. The van der Waals surface area contributed by atoms with E-state index in [4.69, 9.17) is 39.9 Å². The molecule has 0 aliphatic heterocycles. The van der Waals surface area contributed by atoms with Crippen LogP contribution in [-0.2, 0) is 10.8 Å². The number of aromatic nitrogens is 1. The lowest BCUT2D eigenvalue weighted by molar-refractivity contribution is 0.0696. The second kappa shape index (κ2) is 3.40. The highest BCUT2D eigenvalue weighted by molar-refractivity contribution is 6.67. The van der Waals surface area contributed by atoms with E-state index in [9.17, 15) is 4.79 Å². The number of aryl methyl sites for hydroxylation is 1. The summed E-state index contributed by atoms with van der Waals surface area (Å²) in [6.07, 6.45) is 2.86. The van der Waals surface area contributed by atoms with Crippen LogP contribution < -0.4 is 0 Å². The molecule has 1 rings (SSSR count). The van der Waals surface area contributed by atoms with Crippen LogP contribution in [0.4, 0.5) is 0 Å². The number of hydrogen-bond acceptors (Lipinski definition) is 1. The molecule has 13 heavy (non-hydrogen) atoms. The van der Waals surface area contributed by atoms with E-state index in [2.05, 4.69) is 0 Å². The minimum atomic E-state index is -1.70. The van der Waals surface area contributed by atoms with Crippen LogP contribution in [0.5, 0.6) is 0 Å². The van der Waals surface area contributed by atoms with Crippen LogP contribution in [0, 0.1) is 0 Å². The van der Waals surface area contributed by atoms with Crippen molar-refractivity contribution in [1.29, 1.82) is 0 Å². The molecule has 0 aliphatic rings. The van der Waals surface area contributed by atoms with E-state index >= 15 is 0 Å². The number of aromatic carboxylic acids is 1. The summed E-state index contributed by atoms with van der Waals surface area (Å²) < 4.78 is -0.171. The van der Waals surface area contributed by atoms with Gasteiger partial charge in [0.05, 0.1) is 5.56 Å². The largest absolute Gasteiger partial charge is 0.478 e. The SMILES string of the molecule is Cn1cc(C(=O)O)c(C(Cl)(Cl)Cl)c1. The summed E-state index contributed by atoms with van der Waals surface area (Å²) in [4.78, 5) is 10.7. The molecule has 1 aromatic rings. The zero-order valence-electron chi connectivity index (χ0n) is 6.59. The van der Waals surface area contributed by atoms with Gasteiger partial charge in [0.15, 0.2) is 0 Å². The molecule has 0 aromatic carbocycles. The van der Waals surface area contributed by atoms with Gasteiger partial charge < -0.3 is 9.67 Å². The van der Waals surface area contributed by atoms with Gasteiger partial charge in [-0.3, -0.25) is 0 Å². The van der Waals surface area contributed by atoms with Gasteiger partial charge in [-0.15, -0.1) is 0 Å². The van der Waals surface area contributed by atoms with Gasteiger partial charge in [-0.05, 0) is 0 Å². The van der Waals surface area contributed by atoms with Crippen molar-refractivity contribution in [3.05, 3.63) is 23.5 Å². The molecule has 0 fully saturated rings. The Labute approximate surface area is 89.8 Å². The molecule has 0 aliphatic carbocycles. The minimum Gasteiger partial charge on any atom is -0.478 e. The molecule has 6 heteroatoms. The van der Waals surface area contributed by atoms with Crippen LogP contribution in [-0.4, -0.2) is 15.6 Å². The van der Waals surface area contributed by atoms with Crippen LogP contribution in [0.15, 0.2) is 12.4 Å². The quantitative estimate of drug-likeness (QED) is 0.769. The van der Waals surface area contributed by atoms with Crippen molar-refractivity contribution in [2.75, 3.05) is 0 Å². The molecular formula is C7H6Cl3NO2. The molecule has 0 bridgehead atoms. The molecule has 0 radical (unpaired) electrons. The highest BCUT2D eigenvalue weighted by Crippen LogP contribution is 2.40. The predicted molar refractivity (Wildman–Crippen MR) is 51.6 cm³/mol. The van der Waals surface area contributed by atoms with E-state index in [-0.39, 0.29) is 11.1 Å². The van der Waals surface area contributed by atoms with Crippen molar-refractivity contribution in [3.63, 3.8) is 0 Å². The maximum Gasteiger partial charge on any atom is 0.337 e. The van der Waals surface area contributed by atoms with Crippen molar-refractivity contribution >= 4 is 40.8 Å². The topological polar surface area (TPSA) is 42.2 Å². The monoisotopic (exact) mass is 241 g/mol. The Bertz CT molecular complexity index is 340. The Morgan fingerprint density at radius 2 is 2.00 bits per heavy atom. The molecule has 1 heterocycles. The van der Waals surface area contributed by atoms with Crippen LogP contribution in [0.25, 0.3) is 0 Å². The molecule has 0 saturated carbocycles. The summed E-state index contributed by atoms with van der Waals surface area (Å²) in [5, 5.41) is 8.75. The third-order valence-corrected chi connectivity index (χ3v) is 2.10. The van der Waals surface area contributed by atoms with Gasteiger partial charge >= 0.3 is 5.97 Å². The van der Waals surface area contributed by atoms with Crippen LogP contribution in [0.3, 0.4) is 0 Å². The lowest BCUT2D eigenvalue weighted by Gasteiger charge is -2.09. The third-order valence-electron chi connectivity index (χ3n) is 1.49. The fourth-order valence-corrected chi connectivity index (χ4v) is 1.43. The number of rotatable bonds is 1. The third kappa shape index (κ3) is 2.30. The van der Waals surface area contributed by atoms with Crippen LogP contribution >= 0.6 is 34.8 Å². The van der Waals surface area contributed by atoms with Gasteiger partial charge in [0.2, 0.25) is 3.79 Å². The molecule has 3 nitrogen and oxygen atoms in total. The maximum atomic E-state index is 10.7. The van der Waals surface area contributed by atoms with E-state index in [0.717, 1.165) is 0 Å². The number of carbonyl (C=O) groups is 1. The van der Waals surface area contributed by atoms with Gasteiger partial charge in [0.1, 0.15) is 0 Å². The van der Waals surface area contributed by atoms with Gasteiger partial charge in [-0.25, -0.2) is 4.79 Å². The van der Waals surface area contributed by atoms with Crippen LogP contribution in [0.2, 0.25) is 0 Å². The molecule has 0 saturated heterocycles. The lowest BCUT2D eigenvalue weighted by atomic mass is 10.2. The molecule has 0 atom stereocenters. The van der Waals surface area contributed by atoms with Gasteiger partial charge in [0, 0.05) is 25.0 Å². The number of halogens is 3. The molecule has 1 N–H and O–H groups in total. The molecule has 0 amide bonds. The molecule has 0 spiro atoms. The lowest BCUT2D eigenvalue weighted by Crippen LogP contribution is -2.06. The van der Waals surface area contributed by atoms with Gasteiger partial charge in [-0.2, -0.15) is 0 Å². The normalized spacial score (nSPS) is 11.7. The Morgan fingerprint density at radius 3 is 2.31 bits per heavy atom. The Balaban J connectivity index is 3.28. The Kier molecular flexibility index (Phi) is 2.80. The number of alkyl halides is 3. The van der Waals surface area contributed by atoms with Crippen molar-refractivity contribution in [2.45, 2.75) is 3.79 Å². The Hall–Kier alpha value is -0.380. The molecular weight excluding hydrogens is 236 g/mol. The highest BCUT2D eigenvalue weighted by Gasteiger charge is 2.30. The summed E-state index contributed by atoms with van der Waals surface area (Å²) in [6, 6.07) is 0. The van der Waals surface area contributed by atoms with Crippen LogP contribution in [0.1, 0.15) is 15.9 Å². The molecule has 0 unspecified atom stereocenters. The van der Waals surface area contributed by atoms with E-state index in [0.29, 0.717) is 0 Å². The Morgan fingerprint density at radius 1 is 1.46 bits per heavy atom. The highest BCUT2D eigenvalue weighted by atomic mass is 35.6. The fourth-order valence-electron chi connectivity index (χ4n) is 0.980. The van der Waals surface area contributed by atoms with E-state index in [1.165, 1.54) is 17.0 Å². The minimum absolute atomic E-state index is 0.00231. The first-order valence-electron chi connectivity index (χ1n) is 3.29. The van der Waals surface area contributed by atoms with Crippen molar-refractivity contribution in [3.8, 4) is 0 Å². The first-order chi connectivity index (χ1) is 5.82. The number of hydrogen-bond donors (Lipinski definition) is 1. The average molecular weight is 242 g/mol. The van der Waals surface area contributed by atoms with Gasteiger partial charge in [0.25, 0.3) is 0 Å². The van der Waals surface area contributed by atoms with E-state index < -0.39 is 9.76 Å². The van der Waals surface area contributed by atoms with E-state index in [1.807, 2.05) is 0 Å². The number of carboxylic acids is 1. The first kappa shape index (κ1) is 10.7. The molecule has 72 valence electrons. The van der Waals surface area contributed by atoms with Crippen molar-refractivity contribution in [2.24, 2.45) is 7.05 Å². The molecule has 1 aromatic heterocycles. The smallest absolute Gasteiger partial charge is 0.337 e. The van der Waals surface area contributed by atoms with Crippen molar-refractivity contribution < 1.29 is 9.90 Å². The first-order valence-corrected chi connectivity index (χ1v) is 4.42. The van der Waals surface area contributed by atoms with Gasteiger partial charge in [-0.1, -0.05) is 34.8 Å². The van der Waals surface area contributed by atoms with Crippen molar-refractivity contribution in [1.82, 2.24) is 4.57 Å². The second-order valence-electron chi connectivity index (χ2n) is 2.55. The summed E-state index contributed by atoms with van der Waals surface area (Å²) in [5.74, 6) is -1.11. The predicted octanol–water partition coefficient (Wildman–Crippen LogP) is 2.55. The summed E-state index contributed by atoms with van der Waals surface area (Å²) in [5.41, 5.74) is 0.176. The standard InChI is InChI=1S/C7H6Cl3NO2/c1-11-2-4(6(12)13)5(3-11)7(8,9)10/h2-3H,1H3,(H,12,13). The number of carboxylic acid groups (broad SMARTS) is 1. The zero-order chi connectivity index (χ0) is 10.2. The zero-order valence-corrected chi connectivity index (χ0v) is 8.86.